The minimum absolute atomic E-state index is 0.0467. The van der Waals surface area contributed by atoms with Crippen LogP contribution >= 0.6 is 0 Å². The zero-order valence-corrected chi connectivity index (χ0v) is 20.5. The van der Waals surface area contributed by atoms with E-state index in [2.05, 4.69) is 32.2 Å². The third kappa shape index (κ3) is 5.03. The molecule has 3 aromatic rings. The molecule has 2 amide bonds. The molecule has 5 rings (SSSR count). The Kier molecular flexibility index (Phi) is 6.73. The number of amides is 2. The third-order valence-corrected chi connectivity index (χ3v) is 7.63. The number of aromatic amines is 1. The second kappa shape index (κ2) is 10.1. The maximum atomic E-state index is 13.2. The number of fused-ring (bicyclic) bond motifs is 1. The van der Waals surface area contributed by atoms with Gasteiger partial charge in [-0.1, -0.05) is 48.5 Å². The third-order valence-electron chi connectivity index (χ3n) is 7.63. The van der Waals surface area contributed by atoms with E-state index in [9.17, 15) is 9.59 Å². The van der Waals surface area contributed by atoms with Crippen LogP contribution in [-0.4, -0.2) is 59.3 Å². The van der Waals surface area contributed by atoms with E-state index >= 15 is 0 Å². The smallest absolute Gasteiger partial charge is 0.268 e. The first-order valence-corrected chi connectivity index (χ1v) is 12.6. The summed E-state index contributed by atoms with van der Waals surface area (Å²) in [6, 6.07) is 19.8. The molecule has 0 radical (unpaired) electrons. The van der Waals surface area contributed by atoms with Crippen LogP contribution in [0.25, 0.3) is 0 Å². The number of aryl methyl sites for hydroxylation is 2. The van der Waals surface area contributed by atoms with Crippen LogP contribution in [0, 0.1) is 25.7 Å². The SMILES string of the molecule is Cc1cccc(C)c1C(=O)N1CC2CN(CCC(NC(=O)c3ccc[nH]3)c3ccccc3)C[C@H]2C1. The van der Waals surface area contributed by atoms with Gasteiger partial charge in [-0.25, -0.2) is 0 Å². The number of H-pyrrole nitrogens is 1. The molecule has 2 saturated heterocycles. The quantitative estimate of drug-likeness (QED) is 0.544. The number of aromatic nitrogens is 1. The Morgan fingerprint density at radius 1 is 0.914 bits per heavy atom. The first kappa shape index (κ1) is 23.4. The maximum absolute atomic E-state index is 13.2. The van der Waals surface area contributed by atoms with Gasteiger partial charge < -0.3 is 20.1 Å². The lowest BCUT2D eigenvalue weighted by molar-refractivity contribution is 0.0772. The molecule has 0 bridgehead atoms. The van der Waals surface area contributed by atoms with Gasteiger partial charge in [0, 0.05) is 44.5 Å². The Labute approximate surface area is 207 Å². The molecule has 2 aliphatic rings. The van der Waals surface area contributed by atoms with E-state index in [1.54, 1.807) is 12.3 Å². The van der Waals surface area contributed by atoms with Crippen molar-refractivity contribution in [2.45, 2.75) is 26.3 Å². The van der Waals surface area contributed by atoms with Gasteiger partial charge in [0.15, 0.2) is 0 Å². The number of likely N-dealkylation sites (tertiary alicyclic amines) is 2. The summed E-state index contributed by atoms with van der Waals surface area (Å²) in [5, 5.41) is 3.21. The summed E-state index contributed by atoms with van der Waals surface area (Å²) in [4.78, 5) is 33.5. The second-order valence-corrected chi connectivity index (χ2v) is 10.1. The van der Waals surface area contributed by atoms with Gasteiger partial charge >= 0.3 is 0 Å². The van der Waals surface area contributed by atoms with Gasteiger partial charge in [-0.3, -0.25) is 9.59 Å². The fourth-order valence-corrected chi connectivity index (χ4v) is 5.78. The summed E-state index contributed by atoms with van der Waals surface area (Å²) in [6.45, 7) is 8.65. The Hall–Kier alpha value is -3.38. The first-order valence-electron chi connectivity index (χ1n) is 12.6. The van der Waals surface area contributed by atoms with Crippen molar-refractivity contribution >= 4 is 11.8 Å². The van der Waals surface area contributed by atoms with Crippen LogP contribution in [0.1, 0.15) is 50.0 Å². The highest BCUT2D eigenvalue weighted by molar-refractivity contribution is 5.97. The van der Waals surface area contributed by atoms with E-state index in [1.165, 1.54) is 0 Å². The number of benzene rings is 2. The Balaban J connectivity index is 1.18. The number of carbonyl (C=O) groups is 2. The number of carbonyl (C=O) groups excluding carboxylic acids is 2. The van der Waals surface area contributed by atoms with E-state index in [-0.39, 0.29) is 17.9 Å². The van der Waals surface area contributed by atoms with Crippen LogP contribution in [0.15, 0.2) is 66.9 Å². The molecule has 6 nitrogen and oxygen atoms in total. The molecule has 0 spiro atoms. The predicted octanol–water partition coefficient (Wildman–Crippen LogP) is 4.20. The molecule has 2 N–H and O–H groups in total. The standard InChI is InChI=1S/C29H34N4O2/c1-20-8-6-9-21(2)27(20)29(35)33-18-23-16-32(17-24(23)19-33)15-13-25(22-10-4-3-5-11-22)31-28(34)26-12-7-14-30-26/h3-12,14,23-25,30H,13,15-19H2,1-2H3,(H,31,34)/t23-,24?,25?/m0/s1. The molecule has 0 aliphatic carbocycles. The summed E-state index contributed by atoms with van der Waals surface area (Å²) in [7, 11) is 0. The first-order chi connectivity index (χ1) is 17.0. The zero-order chi connectivity index (χ0) is 24.4. The molecule has 6 heteroatoms. The molecule has 2 fully saturated rings. The van der Waals surface area contributed by atoms with Crippen LogP contribution in [0.5, 0.6) is 0 Å². The van der Waals surface area contributed by atoms with E-state index in [0.29, 0.717) is 17.5 Å². The number of nitrogens with one attached hydrogen (secondary N) is 2. The number of rotatable bonds is 7. The van der Waals surface area contributed by atoms with Crippen LogP contribution in [0.4, 0.5) is 0 Å². The van der Waals surface area contributed by atoms with Crippen molar-refractivity contribution in [2.75, 3.05) is 32.7 Å². The molecule has 0 saturated carbocycles. The zero-order valence-electron chi connectivity index (χ0n) is 20.5. The average molecular weight is 471 g/mol. The van der Waals surface area contributed by atoms with Crippen LogP contribution in [0.3, 0.4) is 0 Å². The van der Waals surface area contributed by atoms with Gasteiger partial charge in [0.2, 0.25) is 0 Å². The van der Waals surface area contributed by atoms with Gasteiger partial charge in [0.25, 0.3) is 11.8 Å². The van der Waals surface area contributed by atoms with Crippen molar-refractivity contribution in [3.8, 4) is 0 Å². The molecule has 2 aliphatic heterocycles. The molecular weight excluding hydrogens is 436 g/mol. The number of nitrogens with zero attached hydrogens (tertiary/aromatic N) is 2. The highest BCUT2D eigenvalue weighted by Gasteiger charge is 2.42. The highest BCUT2D eigenvalue weighted by atomic mass is 16.2. The van der Waals surface area contributed by atoms with Gasteiger partial charge in [0.1, 0.15) is 5.69 Å². The molecule has 3 heterocycles. The molecule has 2 aromatic carbocycles. The van der Waals surface area contributed by atoms with Crippen molar-refractivity contribution < 1.29 is 9.59 Å². The average Bonchev–Trinajstić information content (AvgIpc) is 3.59. The van der Waals surface area contributed by atoms with E-state index in [1.807, 2.05) is 56.3 Å². The van der Waals surface area contributed by atoms with Gasteiger partial charge in [-0.2, -0.15) is 0 Å². The molecule has 3 atom stereocenters. The van der Waals surface area contributed by atoms with Crippen LogP contribution in [0.2, 0.25) is 0 Å². The summed E-state index contributed by atoms with van der Waals surface area (Å²) in [5.74, 6) is 1.14. The minimum atomic E-state index is -0.0807. The fourth-order valence-electron chi connectivity index (χ4n) is 5.78. The summed E-state index contributed by atoms with van der Waals surface area (Å²) in [6.07, 6.45) is 2.62. The number of hydrogen-bond acceptors (Lipinski definition) is 3. The van der Waals surface area contributed by atoms with E-state index in [0.717, 1.165) is 61.4 Å². The van der Waals surface area contributed by atoms with Crippen molar-refractivity contribution in [2.24, 2.45) is 11.8 Å². The molecular formula is C29H34N4O2. The number of hydrogen-bond donors (Lipinski definition) is 2. The Bertz CT molecular complexity index is 1140. The van der Waals surface area contributed by atoms with Crippen molar-refractivity contribution in [3.63, 3.8) is 0 Å². The highest BCUT2D eigenvalue weighted by Crippen LogP contribution is 2.33. The lowest BCUT2D eigenvalue weighted by Crippen LogP contribution is -2.35. The largest absolute Gasteiger partial charge is 0.357 e. The predicted molar refractivity (Wildman–Crippen MR) is 137 cm³/mol. The molecule has 2 unspecified atom stereocenters. The lowest BCUT2D eigenvalue weighted by atomic mass is 10.0. The van der Waals surface area contributed by atoms with Crippen molar-refractivity contribution in [3.05, 3.63) is 94.8 Å². The van der Waals surface area contributed by atoms with E-state index < -0.39 is 0 Å². The topological polar surface area (TPSA) is 68.4 Å². The fraction of sp³-hybridized carbons (Fsp3) is 0.379. The van der Waals surface area contributed by atoms with Crippen molar-refractivity contribution in [1.82, 2.24) is 20.1 Å². The van der Waals surface area contributed by atoms with Gasteiger partial charge in [-0.15, -0.1) is 0 Å². The minimum Gasteiger partial charge on any atom is -0.357 e. The maximum Gasteiger partial charge on any atom is 0.268 e. The van der Waals surface area contributed by atoms with Crippen molar-refractivity contribution in [1.29, 1.82) is 0 Å². The van der Waals surface area contributed by atoms with Crippen LogP contribution in [-0.2, 0) is 0 Å². The van der Waals surface area contributed by atoms with Gasteiger partial charge in [-0.05, 0) is 60.9 Å². The monoisotopic (exact) mass is 470 g/mol. The Morgan fingerprint density at radius 2 is 1.60 bits per heavy atom. The Morgan fingerprint density at radius 3 is 2.23 bits per heavy atom. The molecule has 182 valence electrons. The summed E-state index contributed by atoms with van der Waals surface area (Å²) in [5.41, 5.74) is 4.68. The summed E-state index contributed by atoms with van der Waals surface area (Å²) < 4.78 is 0. The summed E-state index contributed by atoms with van der Waals surface area (Å²) >= 11 is 0. The molecule has 35 heavy (non-hydrogen) atoms. The van der Waals surface area contributed by atoms with Crippen LogP contribution < -0.4 is 5.32 Å². The molecule has 1 aromatic heterocycles. The second-order valence-electron chi connectivity index (χ2n) is 10.1. The van der Waals surface area contributed by atoms with E-state index in [4.69, 9.17) is 0 Å². The van der Waals surface area contributed by atoms with Gasteiger partial charge in [0.05, 0.1) is 6.04 Å². The lowest BCUT2D eigenvalue weighted by Gasteiger charge is -2.25. The normalized spacial score (nSPS) is 20.6.